The Balaban J connectivity index is 2.48. The highest BCUT2D eigenvalue weighted by molar-refractivity contribution is 5.53. The van der Waals surface area contributed by atoms with Crippen molar-refractivity contribution >= 4 is 0 Å². The van der Waals surface area contributed by atoms with Crippen molar-refractivity contribution in [3.8, 4) is 11.4 Å². The predicted octanol–water partition coefficient (Wildman–Crippen LogP) is 1.78. The second-order valence-electron chi connectivity index (χ2n) is 2.68. The average Bonchev–Trinajstić information content (AvgIpc) is 2.56. The van der Waals surface area contributed by atoms with E-state index in [9.17, 15) is 0 Å². The van der Waals surface area contributed by atoms with Gasteiger partial charge < -0.3 is 0 Å². The van der Waals surface area contributed by atoms with Crippen LogP contribution in [0.4, 0.5) is 0 Å². The third-order valence-corrected chi connectivity index (χ3v) is 1.68. The maximum absolute atomic E-state index is 4.20. The van der Waals surface area contributed by atoms with Gasteiger partial charge in [-0.25, -0.2) is 0 Å². The maximum atomic E-state index is 4.20. The van der Waals surface area contributed by atoms with Crippen LogP contribution in [-0.4, -0.2) is 15.2 Å². The number of rotatable bonds is 1. The van der Waals surface area contributed by atoms with E-state index in [2.05, 4.69) is 15.2 Å². The molecule has 0 aliphatic carbocycles. The smallest absolute Gasteiger partial charge is 0.110 e. The molecule has 0 bridgehead atoms. The Morgan fingerprint density at radius 2 is 2.17 bits per heavy atom. The number of hydrogen-bond donors (Lipinski definition) is 1. The van der Waals surface area contributed by atoms with E-state index in [1.54, 1.807) is 12.4 Å². The van der Waals surface area contributed by atoms with Gasteiger partial charge in [-0.15, -0.1) is 0 Å². The molecular weight excluding hydrogens is 150 g/mol. The van der Waals surface area contributed by atoms with Crippen molar-refractivity contribution < 1.29 is 0 Å². The minimum atomic E-state index is 0.888. The second kappa shape index (κ2) is 2.77. The van der Waals surface area contributed by atoms with E-state index < -0.39 is 0 Å². The molecule has 2 aromatic rings. The van der Waals surface area contributed by atoms with E-state index in [0.29, 0.717) is 0 Å². The summed E-state index contributed by atoms with van der Waals surface area (Å²) in [6.07, 6.45) is 3.58. The standard InChI is InChI=1S/C9H9N3/c1-7-2-4-10-9(6-7)8-3-5-11-12-8/h2-6H,1H3,(H,11,12). The molecule has 0 aliphatic rings. The van der Waals surface area contributed by atoms with Gasteiger partial charge in [-0.1, -0.05) is 0 Å². The lowest BCUT2D eigenvalue weighted by Gasteiger charge is -1.95. The number of nitrogens with one attached hydrogen (secondary N) is 1. The van der Waals surface area contributed by atoms with Crippen molar-refractivity contribution in [2.45, 2.75) is 6.92 Å². The van der Waals surface area contributed by atoms with Gasteiger partial charge in [-0.05, 0) is 30.7 Å². The normalized spacial score (nSPS) is 10.1. The molecule has 0 fully saturated rings. The highest BCUT2D eigenvalue weighted by Crippen LogP contribution is 2.13. The molecule has 1 N–H and O–H groups in total. The summed E-state index contributed by atoms with van der Waals surface area (Å²) in [5, 5.41) is 6.80. The molecule has 3 heteroatoms. The Hall–Kier alpha value is -1.64. The zero-order valence-corrected chi connectivity index (χ0v) is 6.78. The van der Waals surface area contributed by atoms with Crippen LogP contribution in [-0.2, 0) is 0 Å². The van der Waals surface area contributed by atoms with Crippen molar-refractivity contribution in [1.82, 2.24) is 15.2 Å². The molecule has 12 heavy (non-hydrogen) atoms. The molecular formula is C9H9N3. The summed E-state index contributed by atoms with van der Waals surface area (Å²) in [4.78, 5) is 4.20. The van der Waals surface area contributed by atoms with Gasteiger partial charge >= 0.3 is 0 Å². The summed E-state index contributed by atoms with van der Waals surface area (Å²) < 4.78 is 0. The molecule has 0 saturated heterocycles. The Morgan fingerprint density at radius 3 is 2.83 bits per heavy atom. The first kappa shape index (κ1) is 7.03. The number of pyridine rings is 1. The number of aryl methyl sites for hydroxylation is 1. The zero-order valence-electron chi connectivity index (χ0n) is 6.78. The molecule has 0 aromatic carbocycles. The summed E-state index contributed by atoms with van der Waals surface area (Å²) in [6.45, 7) is 2.04. The first-order chi connectivity index (χ1) is 5.86. The molecule has 0 amide bonds. The third-order valence-electron chi connectivity index (χ3n) is 1.68. The Kier molecular flexibility index (Phi) is 1.63. The summed E-state index contributed by atoms with van der Waals surface area (Å²) in [6, 6.07) is 5.88. The van der Waals surface area contributed by atoms with Crippen LogP contribution in [0.25, 0.3) is 11.4 Å². The van der Waals surface area contributed by atoms with Crippen molar-refractivity contribution in [1.29, 1.82) is 0 Å². The van der Waals surface area contributed by atoms with E-state index in [-0.39, 0.29) is 0 Å². The SMILES string of the molecule is Cc1ccnc(-c2cc[nH]n2)c1. The van der Waals surface area contributed by atoms with Crippen LogP contribution in [0, 0.1) is 6.92 Å². The molecule has 0 aliphatic heterocycles. The van der Waals surface area contributed by atoms with Gasteiger partial charge in [-0.3, -0.25) is 10.1 Å². The summed E-state index contributed by atoms with van der Waals surface area (Å²) >= 11 is 0. The fourth-order valence-corrected chi connectivity index (χ4v) is 1.08. The van der Waals surface area contributed by atoms with Gasteiger partial charge in [0.05, 0.1) is 5.69 Å². The van der Waals surface area contributed by atoms with Gasteiger partial charge in [0.25, 0.3) is 0 Å². The van der Waals surface area contributed by atoms with Gasteiger partial charge in [-0.2, -0.15) is 5.10 Å². The molecule has 2 heterocycles. The van der Waals surface area contributed by atoms with Gasteiger partial charge in [0.2, 0.25) is 0 Å². The number of aromatic amines is 1. The zero-order chi connectivity index (χ0) is 8.39. The lowest BCUT2D eigenvalue weighted by molar-refractivity contribution is 1.08. The molecule has 2 rings (SSSR count). The Labute approximate surface area is 70.5 Å². The van der Waals surface area contributed by atoms with Crippen molar-refractivity contribution in [2.75, 3.05) is 0 Å². The average molecular weight is 159 g/mol. The van der Waals surface area contributed by atoms with Crippen LogP contribution in [0.3, 0.4) is 0 Å². The van der Waals surface area contributed by atoms with E-state index in [0.717, 1.165) is 11.4 Å². The fourth-order valence-electron chi connectivity index (χ4n) is 1.08. The van der Waals surface area contributed by atoms with Gasteiger partial charge in [0, 0.05) is 12.4 Å². The molecule has 0 spiro atoms. The molecule has 0 saturated carbocycles. The molecule has 3 nitrogen and oxygen atoms in total. The molecule has 0 unspecified atom stereocenters. The minimum Gasteiger partial charge on any atom is -0.285 e. The van der Waals surface area contributed by atoms with Gasteiger partial charge in [0.15, 0.2) is 0 Å². The van der Waals surface area contributed by atoms with Crippen LogP contribution >= 0.6 is 0 Å². The first-order valence-electron chi connectivity index (χ1n) is 3.79. The van der Waals surface area contributed by atoms with E-state index in [1.807, 2.05) is 25.1 Å². The lowest BCUT2D eigenvalue weighted by atomic mass is 10.2. The van der Waals surface area contributed by atoms with E-state index in [1.165, 1.54) is 5.56 Å². The molecule has 2 aromatic heterocycles. The summed E-state index contributed by atoms with van der Waals surface area (Å²) in [7, 11) is 0. The van der Waals surface area contributed by atoms with Crippen LogP contribution in [0.5, 0.6) is 0 Å². The minimum absolute atomic E-state index is 0.888. The van der Waals surface area contributed by atoms with Crippen LogP contribution in [0.2, 0.25) is 0 Å². The quantitative estimate of drug-likeness (QED) is 0.689. The van der Waals surface area contributed by atoms with Crippen LogP contribution in [0.1, 0.15) is 5.56 Å². The topological polar surface area (TPSA) is 41.6 Å². The van der Waals surface area contributed by atoms with E-state index in [4.69, 9.17) is 0 Å². The molecule has 60 valence electrons. The Bertz CT molecular complexity index is 365. The number of aromatic nitrogens is 3. The monoisotopic (exact) mass is 159 g/mol. The molecule has 0 radical (unpaired) electrons. The summed E-state index contributed by atoms with van der Waals surface area (Å²) in [5.41, 5.74) is 3.00. The van der Waals surface area contributed by atoms with Crippen molar-refractivity contribution in [3.63, 3.8) is 0 Å². The second-order valence-corrected chi connectivity index (χ2v) is 2.68. The summed E-state index contributed by atoms with van der Waals surface area (Å²) in [5.74, 6) is 0. The van der Waals surface area contributed by atoms with E-state index >= 15 is 0 Å². The fraction of sp³-hybridized carbons (Fsp3) is 0.111. The highest BCUT2D eigenvalue weighted by atomic mass is 15.1. The lowest BCUT2D eigenvalue weighted by Crippen LogP contribution is -1.83. The highest BCUT2D eigenvalue weighted by Gasteiger charge is 1.99. The Morgan fingerprint density at radius 1 is 1.25 bits per heavy atom. The third kappa shape index (κ3) is 1.21. The van der Waals surface area contributed by atoms with Crippen LogP contribution in [0.15, 0.2) is 30.6 Å². The van der Waals surface area contributed by atoms with Crippen molar-refractivity contribution in [3.05, 3.63) is 36.2 Å². The first-order valence-corrected chi connectivity index (χ1v) is 3.79. The maximum Gasteiger partial charge on any atom is 0.110 e. The largest absolute Gasteiger partial charge is 0.285 e. The van der Waals surface area contributed by atoms with Gasteiger partial charge in [0.1, 0.15) is 5.69 Å². The predicted molar refractivity (Wildman–Crippen MR) is 46.6 cm³/mol. The van der Waals surface area contributed by atoms with Crippen LogP contribution < -0.4 is 0 Å². The number of hydrogen-bond acceptors (Lipinski definition) is 2. The number of H-pyrrole nitrogens is 1. The number of nitrogens with zero attached hydrogens (tertiary/aromatic N) is 2. The molecule has 0 atom stereocenters. The van der Waals surface area contributed by atoms with Crippen molar-refractivity contribution in [2.24, 2.45) is 0 Å².